The third kappa shape index (κ3) is 2.59. The molecule has 1 aliphatic heterocycles. The summed E-state index contributed by atoms with van der Waals surface area (Å²) in [7, 11) is 0. The Morgan fingerprint density at radius 2 is 1.80 bits per heavy atom. The highest BCUT2D eigenvalue weighted by molar-refractivity contribution is 5.65. The van der Waals surface area contributed by atoms with Gasteiger partial charge in [-0.25, -0.2) is 0 Å². The standard InChI is InChI=1S/C18H17NO/c1-2-12-19-14-16(13-15-8-4-3-5-9-15)20-18-11-7-6-10-17(18)19/h2-11,13H,1,12,14H2/b16-13-. The predicted molar refractivity (Wildman–Crippen MR) is 83.9 cm³/mol. The number of benzene rings is 2. The van der Waals surface area contributed by atoms with Gasteiger partial charge in [0, 0.05) is 6.54 Å². The van der Waals surface area contributed by atoms with Crippen LogP contribution < -0.4 is 9.64 Å². The first-order valence-corrected chi connectivity index (χ1v) is 6.75. The lowest BCUT2D eigenvalue weighted by Gasteiger charge is -2.31. The fraction of sp³-hybridized carbons (Fsp3) is 0.111. The van der Waals surface area contributed by atoms with Crippen LogP contribution in [-0.4, -0.2) is 13.1 Å². The lowest BCUT2D eigenvalue weighted by Crippen LogP contribution is -2.31. The molecule has 1 heterocycles. The molecule has 100 valence electrons. The van der Waals surface area contributed by atoms with Gasteiger partial charge < -0.3 is 9.64 Å². The third-order valence-electron chi connectivity index (χ3n) is 3.27. The van der Waals surface area contributed by atoms with Gasteiger partial charge in [0.15, 0.2) is 0 Å². The second-order valence-corrected chi connectivity index (χ2v) is 4.76. The van der Waals surface area contributed by atoms with Gasteiger partial charge in [0.2, 0.25) is 0 Å². The first-order valence-electron chi connectivity index (χ1n) is 6.75. The molecular weight excluding hydrogens is 246 g/mol. The Hall–Kier alpha value is -2.48. The molecule has 2 heteroatoms. The maximum atomic E-state index is 6.00. The quantitative estimate of drug-likeness (QED) is 0.773. The van der Waals surface area contributed by atoms with Crippen LogP contribution in [0.1, 0.15) is 5.56 Å². The molecule has 20 heavy (non-hydrogen) atoms. The first kappa shape index (κ1) is 12.5. The second-order valence-electron chi connectivity index (χ2n) is 4.76. The predicted octanol–water partition coefficient (Wildman–Crippen LogP) is 4.11. The van der Waals surface area contributed by atoms with Crippen LogP contribution in [0, 0.1) is 0 Å². The van der Waals surface area contributed by atoms with Crippen molar-refractivity contribution in [3.8, 4) is 5.75 Å². The lowest BCUT2D eigenvalue weighted by molar-refractivity contribution is 0.402. The number of fused-ring (bicyclic) bond motifs is 1. The van der Waals surface area contributed by atoms with Gasteiger partial charge in [-0.1, -0.05) is 48.5 Å². The minimum atomic E-state index is 0.762. The van der Waals surface area contributed by atoms with Crippen LogP contribution in [0.3, 0.4) is 0 Å². The van der Waals surface area contributed by atoms with Crippen molar-refractivity contribution in [3.63, 3.8) is 0 Å². The summed E-state index contributed by atoms with van der Waals surface area (Å²) in [4.78, 5) is 2.26. The Labute approximate surface area is 119 Å². The number of para-hydroxylation sites is 2. The van der Waals surface area contributed by atoms with E-state index in [2.05, 4.69) is 35.8 Å². The van der Waals surface area contributed by atoms with Gasteiger partial charge in [-0.2, -0.15) is 0 Å². The fourth-order valence-corrected chi connectivity index (χ4v) is 2.38. The molecule has 0 spiro atoms. The third-order valence-corrected chi connectivity index (χ3v) is 3.27. The summed E-state index contributed by atoms with van der Waals surface area (Å²) in [6.07, 6.45) is 4.01. The lowest BCUT2D eigenvalue weighted by atomic mass is 10.1. The van der Waals surface area contributed by atoms with E-state index in [1.54, 1.807) is 0 Å². The van der Waals surface area contributed by atoms with E-state index in [9.17, 15) is 0 Å². The summed E-state index contributed by atoms with van der Waals surface area (Å²) < 4.78 is 6.00. The molecular formula is C18H17NO. The van der Waals surface area contributed by atoms with Gasteiger partial charge in [-0.3, -0.25) is 0 Å². The van der Waals surface area contributed by atoms with Gasteiger partial charge >= 0.3 is 0 Å². The molecule has 0 saturated carbocycles. The molecule has 3 rings (SSSR count). The highest BCUT2D eigenvalue weighted by Gasteiger charge is 2.20. The van der Waals surface area contributed by atoms with Gasteiger partial charge in [0.25, 0.3) is 0 Å². The number of anilines is 1. The van der Waals surface area contributed by atoms with Crippen molar-refractivity contribution in [1.82, 2.24) is 0 Å². The number of hydrogen-bond acceptors (Lipinski definition) is 2. The topological polar surface area (TPSA) is 12.5 Å². The zero-order valence-electron chi connectivity index (χ0n) is 11.3. The monoisotopic (exact) mass is 263 g/mol. The maximum absolute atomic E-state index is 6.00. The minimum absolute atomic E-state index is 0.762. The van der Waals surface area contributed by atoms with E-state index in [4.69, 9.17) is 4.74 Å². The van der Waals surface area contributed by atoms with Gasteiger partial charge in [-0.15, -0.1) is 6.58 Å². The Morgan fingerprint density at radius 3 is 2.60 bits per heavy atom. The number of rotatable bonds is 3. The van der Waals surface area contributed by atoms with Crippen molar-refractivity contribution < 1.29 is 4.74 Å². The molecule has 0 fully saturated rings. The van der Waals surface area contributed by atoms with Crippen molar-refractivity contribution >= 4 is 11.8 Å². The molecule has 0 bridgehead atoms. The normalized spacial score (nSPS) is 15.6. The van der Waals surface area contributed by atoms with Crippen LogP contribution in [0.4, 0.5) is 5.69 Å². The van der Waals surface area contributed by atoms with Crippen LogP contribution in [-0.2, 0) is 0 Å². The van der Waals surface area contributed by atoms with Crippen LogP contribution >= 0.6 is 0 Å². The van der Waals surface area contributed by atoms with Crippen molar-refractivity contribution in [1.29, 1.82) is 0 Å². The zero-order valence-corrected chi connectivity index (χ0v) is 11.3. The molecule has 2 nitrogen and oxygen atoms in total. The average Bonchev–Trinajstić information content (AvgIpc) is 2.49. The SMILES string of the molecule is C=CCN1C/C(=C/c2ccccc2)Oc2ccccc21. The molecule has 0 aliphatic carbocycles. The molecule has 0 atom stereocenters. The van der Waals surface area contributed by atoms with Crippen molar-refractivity contribution in [2.75, 3.05) is 18.0 Å². The summed E-state index contributed by atoms with van der Waals surface area (Å²) in [5.41, 5.74) is 2.28. The largest absolute Gasteiger partial charge is 0.458 e. The molecule has 0 saturated heterocycles. The first-order chi connectivity index (χ1) is 9.86. The molecule has 2 aromatic carbocycles. The van der Waals surface area contributed by atoms with Crippen LogP contribution in [0.15, 0.2) is 73.0 Å². The van der Waals surface area contributed by atoms with Crippen LogP contribution in [0.2, 0.25) is 0 Å². The molecule has 2 aromatic rings. The maximum Gasteiger partial charge on any atom is 0.150 e. The van der Waals surface area contributed by atoms with E-state index in [-0.39, 0.29) is 0 Å². The van der Waals surface area contributed by atoms with Gasteiger partial charge in [-0.05, 0) is 23.8 Å². The Bertz CT molecular complexity index is 631. The molecule has 0 N–H and O–H groups in total. The Morgan fingerprint density at radius 1 is 1.05 bits per heavy atom. The minimum Gasteiger partial charge on any atom is -0.458 e. The van der Waals surface area contributed by atoms with Crippen LogP contribution in [0.5, 0.6) is 5.75 Å². The zero-order chi connectivity index (χ0) is 13.8. The molecule has 1 aliphatic rings. The summed E-state index contributed by atoms with van der Waals surface area (Å²) in [6, 6.07) is 18.4. The number of ether oxygens (including phenoxy) is 1. The molecule has 0 aromatic heterocycles. The summed E-state index contributed by atoms with van der Waals surface area (Å²) in [6.45, 7) is 5.41. The van der Waals surface area contributed by atoms with Crippen LogP contribution in [0.25, 0.3) is 6.08 Å². The fourth-order valence-electron chi connectivity index (χ4n) is 2.38. The van der Waals surface area contributed by atoms with Gasteiger partial charge in [0.05, 0.1) is 12.2 Å². The summed E-state index contributed by atoms with van der Waals surface area (Å²) in [5.74, 6) is 1.86. The van der Waals surface area contributed by atoms with Crippen molar-refractivity contribution in [2.45, 2.75) is 0 Å². The molecule has 0 amide bonds. The molecule has 0 radical (unpaired) electrons. The summed E-state index contributed by atoms with van der Waals surface area (Å²) >= 11 is 0. The Kier molecular flexibility index (Phi) is 3.55. The number of hydrogen-bond donors (Lipinski definition) is 0. The number of nitrogens with zero attached hydrogens (tertiary/aromatic N) is 1. The van der Waals surface area contributed by atoms with Crippen molar-refractivity contribution in [3.05, 3.63) is 78.6 Å². The highest BCUT2D eigenvalue weighted by atomic mass is 16.5. The van der Waals surface area contributed by atoms with E-state index in [0.29, 0.717) is 0 Å². The van der Waals surface area contributed by atoms with Gasteiger partial charge in [0.1, 0.15) is 11.5 Å². The summed E-state index contributed by atoms with van der Waals surface area (Å²) in [5, 5.41) is 0. The second kappa shape index (κ2) is 5.66. The van der Waals surface area contributed by atoms with E-state index in [1.807, 2.05) is 42.5 Å². The molecule has 0 unspecified atom stereocenters. The van der Waals surface area contributed by atoms with E-state index < -0.39 is 0 Å². The van der Waals surface area contributed by atoms with E-state index >= 15 is 0 Å². The van der Waals surface area contributed by atoms with E-state index in [0.717, 1.165) is 35.8 Å². The van der Waals surface area contributed by atoms with Crippen molar-refractivity contribution in [2.24, 2.45) is 0 Å². The highest BCUT2D eigenvalue weighted by Crippen LogP contribution is 2.34. The van der Waals surface area contributed by atoms with E-state index in [1.165, 1.54) is 0 Å². The Balaban J connectivity index is 1.93. The average molecular weight is 263 g/mol. The smallest absolute Gasteiger partial charge is 0.150 e.